The molecule has 3 aromatic rings. The molecule has 0 amide bonds. The third-order valence-electron chi connectivity index (χ3n) is 3.18. The molecule has 1 aromatic heterocycles. The Balaban J connectivity index is 0.000000633. The van der Waals surface area contributed by atoms with E-state index in [4.69, 9.17) is 5.26 Å². The van der Waals surface area contributed by atoms with Crippen LogP contribution in [0, 0.1) is 18.3 Å². The smallest absolute Gasteiger partial charge is 0.160 e. The first-order valence-electron chi connectivity index (χ1n) is 7.43. The van der Waals surface area contributed by atoms with Crippen molar-refractivity contribution >= 4 is 10.9 Å². The zero-order valence-corrected chi connectivity index (χ0v) is 13.6. The molecule has 0 atom stereocenters. The van der Waals surface area contributed by atoms with Crippen LogP contribution in [0.5, 0.6) is 0 Å². The van der Waals surface area contributed by atoms with Gasteiger partial charge in [-0.3, -0.25) is 0 Å². The number of rotatable bonds is 1. The monoisotopic (exact) mass is 333 g/mol. The van der Waals surface area contributed by atoms with Crippen LogP contribution in [0.1, 0.15) is 34.4 Å². The maximum atomic E-state index is 7.91. The molecule has 0 unspecified atom stereocenters. The lowest BCUT2D eigenvalue weighted by molar-refractivity contribution is 1.16. The Kier molecular flexibility index (Phi) is 9.44. The van der Waals surface area contributed by atoms with E-state index in [9.17, 15) is 0 Å². The molecule has 0 aliphatic rings. The van der Waals surface area contributed by atoms with E-state index in [0.717, 1.165) is 33.6 Å². The standard InChI is InChI=1S/C15H12N2.C5H7N.2CH4/c1-11-13-9-5-6-10-14(13)17-15(16-11)12-7-3-2-4-8-12;1-5(2)3-4-6;;/h2-10H,1H3;3H,1-2H3;2*1H4. The van der Waals surface area contributed by atoms with Crippen LogP contribution in [0.25, 0.3) is 22.3 Å². The first-order valence-corrected chi connectivity index (χ1v) is 7.43. The van der Waals surface area contributed by atoms with Crippen LogP contribution in [0.4, 0.5) is 0 Å². The molecule has 0 radical (unpaired) electrons. The van der Waals surface area contributed by atoms with E-state index < -0.39 is 0 Å². The molecular weight excluding hydrogens is 306 g/mol. The van der Waals surface area contributed by atoms with Crippen molar-refractivity contribution in [2.45, 2.75) is 35.6 Å². The maximum Gasteiger partial charge on any atom is 0.160 e. The number of hydrogen-bond donors (Lipinski definition) is 0. The second kappa shape index (κ2) is 10.7. The van der Waals surface area contributed by atoms with Crippen molar-refractivity contribution in [2.75, 3.05) is 0 Å². The van der Waals surface area contributed by atoms with E-state index in [1.807, 2.05) is 75.4 Å². The molecule has 25 heavy (non-hydrogen) atoms. The molecule has 2 aromatic carbocycles. The van der Waals surface area contributed by atoms with Crippen molar-refractivity contribution in [2.24, 2.45) is 0 Å². The molecule has 3 heteroatoms. The lowest BCUT2D eigenvalue weighted by Crippen LogP contribution is -1.93. The van der Waals surface area contributed by atoms with Crippen molar-refractivity contribution in [1.82, 2.24) is 9.97 Å². The molecular formula is C22H27N3. The van der Waals surface area contributed by atoms with Gasteiger partial charge in [-0.25, -0.2) is 9.97 Å². The second-order valence-electron chi connectivity index (χ2n) is 5.37. The van der Waals surface area contributed by atoms with E-state index in [0.29, 0.717) is 0 Å². The van der Waals surface area contributed by atoms with Gasteiger partial charge in [0.25, 0.3) is 0 Å². The quantitative estimate of drug-likeness (QED) is 0.487. The molecule has 0 N–H and O–H groups in total. The van der Waals surface area contributed by atoms with Crippen molar-refractivity contribution < 1.29 is 0 Å². The minimum atomic E-state index is 0. The number of hydrogen-bond acceptors (Lipinski definition) is 3. The molecule has 0 spiro atoms. The highest BCUT2D eigenvalue weighted by Crippen LogP contribution is 2.20. The van der Waals surface area contributed by atoms with Crippen molar-refractivity contribution in [1.29, 1.82) is 5.26 Å². The van der Waals surface area contributed by atoms with E-state index in [2.05, 4.69) is 16.0 Å². The molecule has 1 heterocycles. The Morgan fingerprint density at radius 1 is 0.920 bits per heavy atom. The summed E-state index contributed by atoms with van der Waals surface area (Å²) >= 11 is 0. The minimum Gasteiger partial charge on any atom is -0.233 e. The van der Waals surface area contributed by atoms with E-state index in [-0.39, 0.29) is 14.9 Å². The Hall–Kier alpha value is -2.99. The maximum absolute atomic E-state index is 7.91. The molecule has 3 nitrogen and oxygen atoms in total. The van der Waals surface area contributed by atoms with E-state index in [1.54, 1.807) is 0 Å². The molecule has 0 saturated carbocycles. The van der Waals surface area contributed by atoms with Crippen molar-refractivity contribution in [3.05, 3.63) is 71.9 Å². The summed E-state index contributed by atoms with van der Waals surface area (Å²) in [6.07, 6.45) is 1.51. The summed E-state index contributed by atoms with van der Waals surface area (Å²) in [5.41, 5.74) is 4.13. The van der Waals surface area contributed by atoms with Crippen LogP contribution in [0.2, 0.25) is 0 Å². The number of aromatic nitrogens is 2. The van der Waals surface area contributed by atoms with Gasteiger partial charge in [0.05, 0.1) is 11.6 Å². The number of nitriles is 1. The minimum absolute atomic E-state index is 0. The fraction of sp³-hybridized carbons (Fsp3) is 0.227. The first kappa shape index (κ1) is 22.0. The van der Waals surface area contributed by atoms with Crippen LogP contribution in [0.3, 0.4) is 0 Å². The van der Waals surface area contributed by atoms with Crippen LogP contribution in [0.15, 0.2) is 66.2 Å². The molecule has 130 valence electrons. The van der Waals surface area contributed by atoms with Gasteiger partial charge in [0.15, 0.2) is 5.82 Å². The van der Waals surface area contributed by atoms with Crippen LogP contribution >= 0.6 is 0 Å². The second-order valence-corrected chi connectivity index (χ2v) is 5.37. The third kappa shape index (κ3) is 6.19. The highest BCUT2D eigenvalue weighted by Gasteiger charge is 2.05. The Morgan fingerprint density at radius 2 is 1.52 bits per heavy atom. The van der Waals surface area contributed by atoms with Gasteiger partial charge >= 0.3 is 0 Å². The molecule has 0 fully saturated rings. The number of allylic oxidation sites excluding steroid dienone is 2. The molecule has 3 rings (SSSR count). The molecule has 0 bridgehead atoms. The summed E-state index contributed by atoms with van der Waals surface area (Å²) < 4.78 is 0. The summed E-state index contributed by atoms with van der Waals surface area (Å²) in [6, 6.07) is 20.1. The summed E-state index contributed by atoms with van der Waals surface area (Å²) in [5, 5.41) is 9.03. The van der Waals surface area contributed by atoms with Gasteiger partial charge in [0, 0.05) is 22.7 Å². The lowest BCUT2D eigenvalue weighted by Gasteiger charge is -2.05. The predicted molar refractivity (Wildman–Crippen MR) is 108 cm³/mol. The fourth-order valence-electron chi connectivity index (χ4n) is 2.08. The topological polar surface area (TPSA) is 49.6 Å². The first-order chi connectivity index (χ1) is 11.1. The zero-order valence-electron chi connectivity index (χ0n) is 13.6. The molecule has 0 aliphatic heterocycles. The Labute approximate surface area is 151 Å². The highest BCUT2D eigenvalue weighted by atomic mass is 14.9. The summed E-state index contributed by atoms with van der Waals surface area (Å²) in [6.45, 7) is 5.81. The van der Waals surface area contributed by atoms with Gasteiger partial charge in [0.2, 0.25) is 0 Å². The van der Waals surface area contributed by atoms with E-state index in [1.165, 1.54) is 6.08 Å². The summed E-state index contributed by atoms with van der Waals surface area (Å²) in [7, 11) is 0. The third-order valence-corrected chi connectivity index (χ3v) is 3.18. The van der Waals surface area contributed by atoms with Gasteiger partial charge in [-0.1, -0.05) is 69.0 Å². The number of fused-ring (bicyclic) bond motifs is 1. The average Bonchev–Trinajstić information content (AvgIpc) is 2.56. The van der Waals surface area contributed by atoms with Gasteiger partial charge < -0.3 is 0 Å². The average molecular weight is 333 g/mol. The zero-order chi connectivity index (χ0) is 16.7. The van der Waals surface area contributed by atoms with Crippen molar-refractivity contribution in [3.63, 3.8) is 0 Å². The summed E-state index contributed by atoms with van der Waals surface area (Å²) in [5.74, 6) is 0.793. The molecule has 0 aliphatic carbocycles. The fourth-order valence-corrected chi connectivity index (χ4v) is 2.08. The number of para-hydroxylation sites is 1. The Bertz CT molecular complexity index is 855. The number of benzene rings is 2. The highest BCUT2D eigenvalue weighted by molar-refractivity contribution is 5.82. The SMILES string of the molecule is C.C.CC(C)=CC#N.Cc1nc(-c2ccccc2)nc2ccccc12. The van der Waals surface area contributed by atoms with E-state index >= 15 is 0 Å². The van der Waals surface area contributed by atoms with Gasteiger partial charge in [0.1, 0.15) is 0 Å². The predicted octanol–water partition coefficient (Wildman–Crippen LogP) is 6.35. The van der Waals surface area contributed by atoms with Crippen molar-refractivity contribution in [3.8, 4) is 17.5 Å². The number of aryl methyl sites for hydroxylation is 1. The molecule has 0 saturated heterocycles. The summed E-state index contributed by atoms with van der Waals surface area (Å²) in [4.78, 5) is 9.16. The number of nitrogens with zero attached hydrogens (tertiary/aromatic N) is 3. The van der Waals surface area contributed by atoms with Crippen LogP contribution in [-0.2, 0) is 0 Å². The Morgan fingerprint density at radius 3 is 2.08 bits per heavy atom. The largest absolute Gasteiger partial charge is 0.233 e. The van der Waals surface area contributed by atoms with Gasteiger partial charge in [-0.2, -0.15) is 5.26 Å². The van der Waals surface area contributed by atoms with Crippen LogP contribution < -0.4 is 0 Å². The van der Waals surface area contributed by atoms with Gasteiger partial charge in [-0.05, 0) is 26.8 Å². The van der Waals surface area contributed by atoms with Crippen LogP contribution in [-0.4, -0.2) is 9.97 Å². The lowest BCUT2D eigenvalue weighted by atomic mass is 10.1. The van der Waals surface area contributed by atoms with Gasteiger partial charge in [-0.15, -0.1) is 0 Å². The normalized spacial score (nSPS) is 8.72.